The van der Waals surface area contributed by atoms with Crippen molar-refractivity contribution in [2.75, 3.05) is 0 Å². The summed E-state index contributed by atoms with van der Waals surface area (Å²) >= 11 is 0. The summed E-state index contributed by atoms with van der Waals surface area (Å²) in [6.07, 6.45) is -0.158. The molecule has 0 aliphatic rings. The van der Waals surface area contributed by atoms with Crippen LogP contribution in [-0.4, -0.2) is 34.5 Å². The number of rotatable bonds is 6. The highest BCUT2D eigenvalue weighted by atomic mass is 16.4. The van der Waals surface area contributed by atoms with E-state index in [4.69, 9.17) is 16.6 Å². The standard InChI is InChI=1S/C9H17N3O4/c1-9(2,11)8(16)12-5(7(14)15)3-4-6(10)13/h5H,3-4,11H2,1-2H3,(H2,10,13)(H,12,16)(H,14,15)/t5-/m0/s1. The number of hydrogen-bond donors (Lipinski definition) is 4. The Morgan fingerprint density at radius 3 is 2.19 bits per heavy atom. The molecule has 0 bridgehead atoms. The largest absolute Gasteiger partial charge is 0.480 e. The minimum atomic E-state index is -1.22. The maximum atomic E-state index is 11.4. The number of carbonyl (C=O) groups excluding carboxylic acids is 2. The lowest BCUT2D eigenvalue weighted by Gasteiger charge is -2.21. The van der Waals surface area contributed by atoms with Crippen molar-refractivity contribution in [3.63, 3.8) is 0 Å². The predicted octanol–water partition coefficient (Wildman–Crippen LogP) is -1.44. The summed E-state index contributed by atoms with van der Waals surface area (Å²) in [5.41, 5.74) is 9.21. The van der Waals surface area contributed by atoms with E-state index >= 15 is 0 Å². The number of nitrogens with two attached hydrogens (primary N) is 2. The molecule has 0 aliphatic carbocycles. The summed E-state index contributed by atoms with van der Waals surface area (Å²) in [7, 11) is 0. The molecule has 0 aliphatic heterocycles. The Morgan fingerprint density at radius 1 is 1.38 bits per heavy atom. The lowest BCUT2D eigenvalue weighted by atomic mass is 10.0. The Labute approximate surface area is 93.2 Å². The summed E-state index contributed by atoms with van der Waals surface area (Å²) in [5.74, 6) is -2.43. The smallest absolute Gasteiger partial charge is 0.326 e. The van der Waals surface area contributed by atoms with E-state index in [1.54, 1.807) is 0 Å². The Bertz CT molecular complexity index is 296. The van der Waals surface area contributed by atoms with Crippen molar-refractivity contribution in [3.05, 3.63) is 0 Å². The highest BCUT2D eigenvalue weighted by Gasteiger charge is 2.27. The molecule has 0 fully saturated rings. The Kier molecular flexibility index (Phi) is 4.90. The van der Waals surface area contributed by atoms with E-state index in [9.17, 15) is 14.4 Å². The number of carbonyl (C=O) groups is 3. The van der Waals surface area contributed by atoms with Crippen molar-refractivity contribution < 1.29 is 19.5 Å². The number of primary amides is 1. The fourth-order valence-corrected chi connectivity index (χ4v) is 0.888. The van der Waals surface area contributed by atoms with Crippen LogP contribution in [0.25, 0.3) is 0 Å². The number of carboxylic acids is 1. The molecule has 0 aromatic heterocycles. The van der Waals surface area contributed by atoms with Crippen molar-refractivity contribution in [3.8, 4) is 0 Å². The summed E-state index contributed by atoms with van der Waals surface area (Å²) in [6, 6.07) is -1.15. The van der Waals surface area contributed by atoms with Gasteiger partial charge in [0.25, 0.3) is 0 Å². The van der Waals surface area contributed by atoms with Crippen molar-refractivity contribution >= 4 is 17.8 Å². The minimum Gasteiger partial charge on any atom is -0.480 e. The third-order valence-corrected chi connectivity index (χ3v) is 1.87. The summed E-state index contributed by atoms with van der Waals surface area (Å²) in [5, 5.41) is 11.0. The summed E-state index contributed by atoms with van der Waals surface area (Å²) in [6.45, 7) is 2.91. The van der Waals surface area contributed by atoms with Crippen LogP contribution < -0.4 is 16.8 Å². The molecule has 0 rings (SSSR count). The first-order valence-electron chi connectivity index (χ1n) is 4.75. The second kappa shape index (κ2) is 5.45. The molecular weight excluding hydrogens is 214 g/mol. The molecule has 0 spiro atoms. The maximum Gasteiger partial charge on any atom is 0.326 e. The molecule has 7 nitrogen and oxygen atoms in total. The van der Waals surface area contributed by atoms with Crippen molar-refractivity contribution in [2.24, 2.45) is 11.5 Å². The van der Waals surface area contributed by atoms with Gasteiger partial charge in [0.1, 0.15) is 6.04 Å². The average molecular weight is 231 g/mol. The van der Waals surface area contributed by atoms with Gasteiger partial charge >= 0.3 is 5.97 Å². The van der Waals surface area contributed by atoms with E-state index in [0.29, 0.717) is 0 Å². The van der Waals surface area contributed by atoms with Crippen LogP contribution in [0.5, 0.6) is 0 Å². The Balaban J connectivity index is 4.41. The number of amides is 2. The molecule has 0 saturated carbocycles. The molecule has 2 amide bonds. The van der Waals surface area contributed by atoms with Crippen LogP contribution in [0, 0.1) is 0 Å². The van der Waals surface area contributed by atoms with E-state index in [1.165, 1.54) is 13.8 Å². The van der Waals surface area contributed by atoms with E-state index in [-0.39, 0.29) is 12.8 Å². The third kappa shape index (κ3) is 5.30. The first-order chi connectivity index (χ1) is 7.14. The van der Waals surface area contributed by atoms with Crippen molar-refractivity contribution in [1.82, 2.24) is 5.32 Å². The van der Waals surface area contributed by atoms with Gasteiger partial charge in [0.05, 0.1) is 5.54 Å². The molecule has 0 unspecified atom stereocenters. The van der Waals surface area contributed by atoms with Crippen LogP contribution in [0.4, 0.5) is 0 Å². The molecule has 16 heavy (non-hydrogen) atoms. The van der Waals surface area contributed by atoms with E-state index in [1.807, 2.05) is 0 Å². The number of hydrogen-bond acceptors (Lipinski definition) is 4. The van der Waals surface area contributed by atoms with Gasteiger partial charge < -0.3 is 21.9 Å². The minimum absolute atomic E-state index is 0.0491. The molecule has 0 radical (unpaired) electrons. The first kappa shape index (κ1) is 14.4. The molecule has 0 heterocycles. The number of nitrogens with one attached hydrogen (secondary N) is 1. The highest BCUT2D eigenvalue weighted by molar-refractivity contribution is 5.89. The van der Waals surface area contributed by atoms with E-state index in [2.05, 4.69) is 5.32 Å². The average Bonchev–Trinajstić information content (AvgIpc) is 2.09. The topological polar surface area (TPSA) is 136 Å². The Morgan fingerprint density at radius 2 is 1.88 bits per heavy atom. The van der Waals surface area contributed by atoms with Gasteiger partial charge in [0.2, 0.25) is 11.8 Å². The van der Waals surface area contributed by atoms with Gasteiger partial charge in [0.15, 0.2) is 0 Å². The molecule has 7 heteroatoms. The molecule has 0 saturated heterocycles. The second-order valence-electron chi connectivity index (χ2n) is 4.09. The van der Waals surface area contributed by atoms with Gasteiger partial charge in [0, 0.05) is 6.42 Å². The van der Waals surface area contributed by atoms with Crippen LogP contribution in [0.3, 0.4) is 0 Å². The fourth-order valence-electron chi connectivity index (χ4n) is 0.888. The van der Waals surface area contributed by atoms with Gasteiger partial charge in [-0.25, -0.2) is 4.79 Å². The maximum absolute atomic E-state index is 11.4. The van der Waals surface area contributed by atoms with Gasteiger partial charge in [-0.3, -0.25) is 9.59 Å². The number of carboxylic acid groups (broad SMARTS) is 1. The monoisotopic (exact) mass is 231 g/mol. The van der Waals surface area contributed by atoms with Crippen molar-refractivity contribution in [1.29, 1.82) is 0 Å². The third-order valence-electron chi connectivity index (χ3n) is 1.87. The SMILES string of the molecule is CC(C)(N)C(=O)N[C@@H](CCC(N)=O)C(=O)O. The van der Waals surface area contributed by atoms with Gasteiger partial charge in [-0.15, -0.1) is 0 Å². The van der Waals surface area contributed by atoms with Gasteiger partial charge in [-0.05, 0) is 20.3 Å². The zero-order valence-electron chi connectivity index (χ0n) is 9.32. The normalized spacial score (nSPS) is 12.9. The first-order valence-corrected chi connectivity index (χ1v) is 4.75. The zero-order valence-corrected chi connectivity index (χ0v) is 9.32. The van der Waals surface area contributed by atoms with E-state index in [0.717, 1.165) is 0 Å². The molecule has 1 atom stereocenters. The molecule has 6 N–H and O–H groups in total. The van der Waals surface area contributed by atoms with Crippen LogP contribution in [0.2, 0.25) is 0 Å². The molecule has 92 valence electrons. The highest BCUT2D eigenvalue weighted by Crippen LogP contribution is 2.02. The summed E-state index contributed by atoms with van der Waals surface area (Å²) in [4.78, 5) is 32.7. The molecule has 0 aromatic carbocycles. The second-order valence-corrected chi connectivity index (χ2v) is 4.09. The van der Waals surface area contributed by atoms with Crippen LogP contribution in [-0.2, 0) is 14.4 Å². The van der Waals surface area contributed by atoms with Crippen LogP contribution in [0.1, 0.15) is 26.7 Å². The van der Waals surface area contributed by atoms with Crippen LogP contribution in [0.15, 0.2) is 0 Å². The lowest BCUT2D eigenvalue weighted by Crippen LogP contribution is -2.54. The fraction of sp³-hybridized carbons (Fsp3) is 0.667. The quantitative estimate of drug-likeness (QED) is 0.444. The lowest BCUT2D eigenvalue weighted by molar-refractivity contribution is -0.142. The molecular formula is C9H17N3O4. The van der Waals surface area contributed by atoms with Gasteiger partial charge in [-0.2, -0.15) is 0 Å². The van der Waals surface area contributed by atoms with Crippen molar-refractivity contribution in [2.45, 2.75) is 38.3 Å². The molecule has 0 aromatic rings. The number of aliphatic carboxylic acids is 1. The zero-order chi connectivity index (χ0) is 12.9. The predicted molar refractivity (Wildman–Crippen MR) is 56.3 cm³/mol. The summed E-state index contributed by atoms with van der Waals surface area (Å²) < 4.78 is 0. The Hall–Kier alpha value is -1.63. The van der Waals surface area contributed by atoms with Crippen LogP contribution >= 0.6 is 0 Å². The van der Waals surface area contributed by atoms with E-state index < -0.39 is 29.4 Å². The van der Waals surface area contributed by atoms with Gasteiger partial charge in [-0.1, -0.05) is 0 Å².